The third-order valence-corrected chi connectivity index (χ3v) is 3.15. The molecule has 2 aliphatic heterocycles. The minimum absolute atomic E-state index is 0.147. The maximum atomic E-state index is 9.57. The summed E-state index contributed by atoms with van der Waals surface area (Å²) in [5.74, 6) is -0.327. The predicted octanol–water partition coefficient (Wildman–Crippen LogP) is -2.62. The lowest BCUT2D eigenvalue weighted by atomic mass is 9.94. The minimum Gasteiger partial charge on any atom is -0.396 e. The van der Waals surface area contributed by atoms with Crippen molar-refractivity contribution in [3.8, 4) is 0 Å². The standard InChI is InChI=1S/C8H15NO4/c10-3-4-5(11)1-9-2-6(12)8(13)7(4)9/h4-8,10-13H,1-3H2/t4-,5+,6+,7-,8+/m0/s1. The minimum atomic E-state index is -0.839. The van der Waals surface area contributed by atoms with E-state index in [2.05, 4.69) is 0 Å². The molecule has 2 heterocycles. The first kappa shape index (κ1) is 9.36. The lowest BCUT2D eigenvalue weighted by Crippen LogP contribution is -2.39. The van der Waals surface area contributed by atoms with Crippen molar-refractivity contribution in [1.82, 2.24) is 4.90 Å². The summed E-state index contributed by atoms with van der Waals surface area (Å²) in [5, 5.41) is 37.4. The topological polar surface area (TPSA) is 84.2 Å². The smallest absolute Gasteiger partial charge is 0.0971 e. The third-order valence-electron chi connectivity index (χ3n) is 3.15. The van der Waals surface area contributed by atoms with Gasteiger partial charge < -0.3 is 20.4 Å². The Balaban J connectivity index is 2.15. The van der Waals surface area contributed by atoms with Gasteiger partial charge in [0, 0.05) is 25.0 Å². The van der Waals surface area contributed by atoms with Crippen molar-refractivity contribution in [2.75, 3.05) is 19.7 Å². The molecule has 0 aromatic rings. The molecule has 2 rings (SSSR count). The zero-order valence-electron chi connectivity index (χ0n) is 7.24. The first-order valence-electron chi connectivity index (χ1n) is 4.54. The molecule has 0 radical (unpaired) electrons. The van der Waals surface area contributed by atoms with Crippen LogP contribution in [0.5, 0.6) is 0 Å². The van der Waals surface area contributed by atoms with Gasteiger partial charge in [0.2, 0.25) is 0 Å². The fraction of sp³-hybridized carbons (Fsp3) is 1.00. The van der Waals surface area contributed by atoms with E-state index in [9.17, 15) is 15.3 Å². The van der Waals surface area contributed by atoms with Crippen molar-refractivity contribution < 1.29 is 20.4 Å². The lowest BCUT2D eigenvalue weighted by Gasteiger charge is -2.22. The summed E-state index contributed by atoms with van der Waals surface area (Å²) in [6, 6.07) is -0.282. The molecule has 13 heavy (non-hydrogen) atoms. The molecule has 2 saturated heterocycles. The number of aliphatic hydroxyl groups is 4. The van der Waals surface area contributed by atoms with E-state index in [1.54, 1.807) is 0 Å². The van der Waals surface area contributed by atoms with Gasteiger partial charge in [-0.3, -0.25) is 4.90 Å². The summed E-state index contributed by atoms with van der Waals surface area (Å²) in [6.07, 6.45) is -2.17. The van der Waals surface area contributed by atoms with Crippen molar-refractivity contribution in [1.29, 1.82) is 0 Å². The van der Waals surface area contributed by atoms with Crippen LogP contribution < -0.4 is 0 Å². The molecule has 0 bridgehead atoms. The first-order chi connectivity index (χ1) is 6.15. The van der Waals surface area contributed by atoms with Crippen LogP contribution in [0.1, 0.15) is 0 Å². The average molecular weight is 189 g/mol. The highest BCUT2D eigenvalue weighted by atomic mass is 16.3. The molecule has 0 unspecified atom stereocenters. The maximum Gasteiger partial charge on any atom is 0.0971 e. The van der Waals surface area contributed by atoms with Crippen LogP contribution in [0.15, 0.2) is 0 Å². The predicted molar refractivity (Wildman–Crippen MR) is 44.0 cm³/mol. The van der Waals surface area contributed by atoms with Crippen LogP contribution in [0.25, 0.3) is 0 Å². The van der Waals surface area contributed by atoms with E-state index in [1.165, 1.54) is 0 Å². The number of rotatable bonds is 1. The van der Waals surface area contributed by atoms with Gasteiger partial charge in [-0.2, -0.15) is 0 Å². The monoisotopic (exact) mass is 189 g/mol. The molecular weight excluding hydrogens is 174 g/mol. The zero-order chi connectivity index (χ0) is 9.59. The fourth-order valence-corrected chi connectivity index (χ4v) is 2.47. The lowest BCUT2D eigenvalue weighted by molar-refractivity contribution is 0.00494. The molecule has 0 aromatic heterocycles. The summed E-state index contributed by atoms with van der Waals surface area (Å²) in [6.45, 7) is 0.676. The first-order valence-corrected chi connectivity index (χ1v) is 4.54. The van der Waals surface area contributed by atoms with Crippen LogP contribution in [0.4, 0.5) is 0 Å². The molecule has 0 amide bonds. The number of fused-ring (bicyclic) bond motifs is 1. The quantitative estimate of drug-likeness (QED) is 0.363. The Labute approximate surface area is 76.2 Å². The van der Waals surface area contributed by atoms with Gasteiger partial charge in [-0.25, -0.2) is 0 Å². The summed E-state index contributed by atoms with van der Waals surface area (Å²) in [5.41, 5.74) is 0. The molecule has 0 aromatic carbocycles. The number of hydrogen-bond donors (Lipinski definition) is 4. The van der Waals surface area contributed by atoms with E-state index < -0.39 is 18.3 Å². The van der Waals surface area contributed by atoms with Gasteiger partial charge in [-0.05, 0) is 0 Å². The van der Waals surface area contributed by atoms with Gasteiger partial charge in [0.15, 0.2) is 0 Å². The Morgan fingerprint density at radius 2 is 1.69 bits per heavy atom. The van der Waals surface area contributed by atoms with Crippen LogP contribution in [0, 0.1) is 5.92 Å². The number of nitrogens with zero attached hydrogens (tertiary/aromatic N) is 1. The Morgan fingerprint density at radius 1 is 1.08 bits per heavy atom. The highest BCUT2D eigenvalue weighted by Crippen LogP contribution is 2.33. The van der Waals surface area contributed by atoms with Gasteiger partial charge in [0.05, 0.1) is 24.9 Å². The number of hydrogen-bond acceptors (Lipinski definition) is 5. The second-order valence-electron chi connectivity index (χ2n) is 3.92. The second kappa shape index (κ2) is 3.18. The average Bonchev–Trinajstić information content (AvgIpc) is 2.51. The van der Waals surface area contributed by atoms with Crippen LogP contribution in [-0.4, -0.2) is 69.4 Å². The molecule has 4 N–H and O–H groups in total. The zero-order valence-corrected chi connectivity index (χ0v) is 7.24. The molecule has 0 spiro atoms. The molecule has 5 nitrogen and oxygen atoms in total. The van der Waals surface area contributed by atoms with Gasteiger partial charge in [0.25, 0.3) is 0 Å². The molecule has 2 fully saturated rings. The van der Waals surface area contributed by atoms with Crippen LogP contribution in [0.3, 0.4) is 0 Å². The number of aliphatic hydroxyl groups excluding tert-OH is 4. The van der Waals surface area contributed by atoms with E-state index in [0.29, 0.717) is 13.1 Å². The van der Waals surface area contributed by atoms with Crippen molar-refractivity contribution >= 4 is 0 Å². The van der Waals surface area contributed by atoms with Crippen molar-refractivity contribution in [3.05, 3.63) is 0 Å². The third kappa shape index (κ3) is 1.28. The van der Waals surface area contributed by atoms with Crippen molar-refractivity contribution in [2.24, 2.45) is 5.92 Å². The summed E-state index contributed by atoms with van der Waals surface area (Å²) >= 11 is 0. The van der Waals surface area contributed by atoms with Crippen molar-refractivity contribution in [2.45, 2.75) is 24.4 Å². The largest absolute Gasteiger partial charge is 0.396 e. The second-order valence-corrected chi connectivity index (χ2v) is 3.92. The molecule has 2 aliphatic rings. The summed E-state index contributed by atoms with van der Waals surface area (Å²) in [7, 11) is 0. The molecule has 76 valence electrons. The highest BCUT2D eigenvalue weighted by molar-refractivity contribution is 5.04. The van der Waals surface area contributed by atoms with Gasteiger partial charge in [0.1, 0.15) is 0 Å². The van der Waals surface area contributed by atoms with Crippen molar-refractivity contribution in [3.63, 3.8) is 0 Å². The van der Waals surface area contributed by atoms with E-state index in [1.807, 2.05) is 4.90 Å². The van der Waals surface area contributed by atoms with Crippen LogP contribution in [-0.2, 0) is 0 Å². The highest BCUT2D eigenvalue weighted by Gasteiger charge is 2.51. The van der Waals surface area contributed by atoms with Gasteiger partial charge in [-0.1, -0.05) is 0 Å². The Hall–Kier alpha value is -0.200. The molecule has 0 saturated carbocycles. The Bertz CT molecular complexity index is 201. The van der Waals surface area contributed by atoms with E-state index in [4.69, 9.17) is 5.11 Å². The normalized spacial score (nSPS) is 51.2. The van der Waals surface area contributed by atoms with E-state index in [0.717, 1.165) is 0 Å². The maximum absolute atomic E-state index is 9.57. The van der Waals surface area contributed by atoms with Gasteiger partial charge >= 0.3 is 0 Å². The van der Waals surface area contributed by atoms with E-state index in [-0.39, 0.29) is 18.6 Å². The van der Waals surface area contributed by atoms with Gasteiger partial charge in [-0.15, -0.1) is 0 Å². The van der Waals surface area contributed by atoms with Crippen LogP contribution in [0.2, 0.25) is 0 Å². The van der Waals surface area contributed by atoms with Crippen LogP contribution >= 0.6 is 0 Å². The SMILES string of the molecule is OC[C@@H]1[C@H]2[C@H](O)[C@H](O)CN2C[C@H]1O. The summed E-state index contributed by atoms with van der Waals surface area (Å²) < 4.78 is 0. The molecular formula is C8H15NO4. The molecule has 5 atom stereocenters. The fourth-order valence-electron chi connectivity index (χ4n) is 2.47. The van der Waals surface area contributed by atoms with E-state index >= 15 is 0 Å². The summed E-state index contributed by atoms with van der Waals surface area (Å²) in [4.78, 5) is 1.83. The Kier molecular flexibility index (Phi) is 2.29. The Morgan fingerprint density at radius 3 is 2.31 bits per heavy atom. The molecule has 5 heteroatoms. The molecule has 0 aliphatic carbocycles.